The SMILES string of the molecule is CC1CCOC(C2OC2C(C)(O)C(C)(C)CCC2CCNC(N)C2)(C2CCC3(O)C4=CC(=O)C5CC(O)CCC5(C)C4CCC23C)C1. The number of hydrogen-bond acceptors (Lipinski definition) is 8. The smallest absolute Gasteiger partial charge is 0.159 e. The fraction of sp³-hybridized carbons (Fsp3) is 0.923. The van der Waals surface area contributed by atoms with E-state index in [1.54, 1.807) is 0 Å². The predicted molar refractivity (Wildman–Crippen MR) is 181 cm³/mol. The second-order valence-corrected chi connectivity index (χ2v) is 18.8. The molecule has 8 nitrogen and oxygen atoms in total. The minimum absolute atomic E-state index is 0.0450. The van der Waals surface area contributed by atoms with Gasteiger partial charge < -0.3 is 35.8 Å². The third kappa shape index (κ3) is 5.19. The van der Waals surface area contributed by atoms with Gasteiger partial charge in [-0.2, -0.15) is 0 Å². The first kappa shape index (κ1) is 34.6. The molecule has 3 heterocycles. The van der Waals surface area contributed by atoms with Crippen molar-refractivity contribution >= 4 is 5.78 Å². The van der Waals surface area contributed by atoms with Crippen LogP contribution >= 0.6 is 0 Å². The van der Waals surface area contributed by atoms with Crippen LogP contribution in [0.3, 0.4) is 0 Å². The molecule has 8 heteroatoms. The van der Waals surface area contributed by atoms with Gasteiger partial charge in [0.2, 0.25) is 0 Å². The van der Waals surface area contributed by atoms with E-state index in [9.17, 15) is 20.1 Å². The molecular formula is C39H64N2O6. The largest absolute Gasteiger partial charge is 0.393 e. The first-order valence-electron chi connectivity index (χ1n) is 19.2. The molecule has 14 atom stereocenters. The van der Waals surface area contributed by atoms with Crippen molar-refractivity contribution < 1.29 is 29.6 Å². The standard InChI is InChI=1S/C39H64N2O6/c1-23-12-18-46-38(22-23,33-32(47-33)37(6,44)34(2,3)13-7-24-11-17-41-31(40)19-24)30-10-16-39(45)27-21-29(43)28-20-25(42)8-14-35(28,4)26(27)9-15-36(30,39)5/h21,23-26,28,30-33,41-42,44-45H,7-20,22,40H2,1-6H3. The summed E-state index contributed by atoms with van der Waals surface area (Å²) in [5.41, 5.74) is 3.35. The Bertz CT molecular complexity index is 1270. The van der Waals surface area contributed by atoms with Crippen LogP contribution in [0.15, 0.2) is 11.6 Å². The highest BCUT2D eigenvalue weighted by Crippen LogP contribution is 2.71. The first-order chi connectivity index (χ1) is 22.0. The van der Waals surface area contributed by atoms with Gasteiger partial charge in [0, 0.05) is 17.9 Å². The number of carbonyl (C=O) groups excluding carboxylic acids is 1. The van der Waals surface area contributed by atoms with Crippen LogP contribution in [-0.2, 0) is 14.3 Å². The summed E-state index contributed by atoms with van der Waals surface area (Å²) in [6, 6.07) is 0. The number of allylic oxidation sites excluding steroid dienone is 1. The van der Waals surface area contributed by atoms with Crippen LogP contribution in [0.4, 0.5) is 0 Å². The number of fused-ring (bicyclic) bond motifs is 5. The van der Waals surface area contributed by atoms with Crippen molar-refractivity contribution in [3.05, 3.63) is 11.6 Å². The number of hydrogen-bond donors (Lipinski definition) is 5. The van der Waals surface area contributed by atoms with Gasteiger partial charge in [-0.1, -0.05) is 34.6 Å². The van der Waals surface area contributed by atoms with Crippen LogP contribution in [0.25, 0.3) is 0 Å². The number of carbonyl (C=O) groups is 1. The monoisotopic (exact) mass is 656 g/mol. The van der Waals surface area contributed by atoms with Crippen LogP contribution in [0.1, 0.15) is 125 Å². The minimum atomic E-state index is -1.08. The fourth-order valence-corrected chi connectivity index (χ4v) is 12.3. The quantitative estimate of drug-likeness (QED) is 0.241. The lowest BCUT2D eigenvalue weighted by atomic mass is 9.45. The lowest BCUT2D eigenvalue weighted by Gasteiger charge is -2.61. The highest BCUT2D eigenvalue weighted by Gasteiger charge is 2.75. The molecule has 7 aliphatic rings. The molecule has 3 saturated carbocycles. The van der Waals surface area contributed by atoms with Gasteiger partial charge in [-0.3, -0.25) is 4.79 Å². The van der Waals surface area contributed by atoms with Crippen molar-refractivity contribution in [2.45, 2.75) is 166 Å². The Labute approximate surface area is 283 Å². The van der Waals surface area contributed by atoms with E-state index in [0.29, 0.717) is 31.3 Å². The van der Waals surface area contributed by atoms with Crippen molar-refractivity contribution in [3.63, 3.8) is 0 Å². The highest BCUT2D eigenvalue weighted by molar-refractivity contribution is 5.95. The Balaban J connectivity index is 1.16. The van der Waals surface area contributed by atoms with Gasteiger partial charge in [0.05, 0.1) is 23.5 Å². The summed E-state index contributed by atoms with van der Waals surface area (Å²) in [6.45, 7) is 14.8. The molecule has 0 spiro atoms. The Kier molecular flexibility index (Phi) is 8.52. The summed E-state index contributed by atoms with van der Waals surface area (Å²) in [5.74, 6) is 1.13. The van der Waals surface area contributed by atoms with E-state index in [4.69, 9.17) is 15.2 Å². The number of aliphatic hydroxyl groups is 3. The average molecular weight is 657 g/mol. The number of ether oxygens (including phenoxy) is 2. The Hall–Kier alpha value is -0.870. The van der Waals surface area contributed by atoms with Crippen molar-refractivity contribution in [2.24, 2.45) is 51.6 Å². The normalized spacial score (nSPS) is 51.3. The zero-order valence-corrected chi connectivity index (χ0v) is 30.0. The molecule has 6 N–H and O–H groups in total. The van der Waals surface area contributed by atoms with Gasteiger partial charge in [0.15, 0.2) is 5.78 Å². The van der Waals surface area contributed by atoms with Crippen LogP contribution in [0.2, 0.25) is 0 Å². The summed E-state index contributed by atoms with van der Waals surface area (Å²) in [5, 5.41) is 39.1. The van der Waals surface area contributed by atoms with Crippen molar-refractivity contribution in [2.75, 3.05) is 13.2 Å². The molecule has 0 aromatic rings. The maximum Gasteiger partial charge on any atom is 0.159 e. The third-order valence-electron chi connectivity index (χ3n) is 15.9. The zero-order chi connectivity index (χ0) is 33.8. The lowest BCUT2D eigenvalue weighted by molar-refractivity contribution is -0.193. The summed E-state index contributed by atoms with van der Waals surface area (Å²) in [7, 11) is 0. The molecular weight excluding hydrogens is 592 g/mol. The van der Waals surface area contributed by atoms with Gasteiger partial charge >= 0.3 is 0 Å². The van der Waals surface area contributed by atoms with E-state index >= 15 is 0 Å². The van der Waals surface area contributed by atoms with Crippen molar-refractivity contribution in [1.82, 2.24) is 5.32 Å². The minimum Gasteiger partial charge on any atom is -0.393 e. The molecule has 0 aromatic carbocycles. The van der Waals surface area contributed by atoms with Gasteiger partial charge in [-0.15, -0.1) is 0 Å². The molecule has 4 aliphatic carbocycles. The van der Waals surface area contributed by atoms with E-state index in [2.05, 4.69) is 39.9 Å². The van der Waals surface area contributed by atoms with E-state index in [1.165, 1.54) is 0 Å². The summed E-state index contributed by atoms with van der Waals surface area (Å²) in [4.78, 5) is 13.7. The highest BCUT2D eigenvalue weighted by atomic mass is 16.6. The number of piperidine rings is 1. The number of nitrogens with one attached hydrogen (secondary N) is 1. The van der Waals surface area contributed by atoms with E-state index < -0.39 is 28.3 Å². The molecule has 3 saturated heterocycles. The summed E-state index contributed by atoms with van der Waals surface area (Å²) >= 11 is 0. The lowest BCUT2D eigenvalue weighted by Crippen LogP contribution is -2.63. The van der Waals surface area contributed by atoms with Gasteiger partial charge in [-0.05, 0) is 143 Å². The first-order valence-corrected chi connectivity index (χ1v) is 19.2. The molecule has 0 amide bonds. The molecule has 0 radical (unpaired) electrons. The molecule has 14 unspecified atom stereocenters. The molecule has 7 rings (SSSR count). The molecule has 0 aromatic heterocycles. The Morgan fingerprint density at radius 2 is 1.81 bits per heavy atom. The number of nitrogens with two attached hydrogens (primary N) is 1. The fourth-order valence-electron chi connectivity index (χ4n) is 12.3. The molecule has 266 valence electrons. The predicted octanol–water partition coefficient (Wildman–Crippen LogP) is 5.01. The van der Waals surface area contributed by atoms with Crippen molar-refractivity contribution in [3.8, 4) is 0 Å². The Morgan fingerprint density at radius 3 is 2.53 bits per heavy atom. The van der Waals surface area contributed by atoms with Gasteiger partial charge in [-0.25, -0.2) is 0 Å². The number of rotatable bonds is 7. The van der Waals surface area contributed by atoms with Crippen LogP contribution < -0.4 is 11.1 Å². The molecule has 0 bridgehead atoms. The van der Waals surface area contributed by atoms with Gasteiger partial charge in [0.1, 0.15) is 17.8 Å². The van der Waals surface area contributed by atoms with Crippen molar-refractivity contribution in [1.29, 1.82) is 0 Å². The second kappa shape index (κ2) is 11.6. The zero-order valence-electron chi connectivity index (χ0n) is 30.0. The maximum absolute atomic E-state index is 13.7. The molecule has 3 aliphatic heterocycles. The molecule has 6 fully saturated rings. The number of ketones is 1. The summed E-state index contributed by atoms with van der Waals surface area (Å²) < 4.78 is 13.7. The average Bonchev–Trinajstić information content (AvgIpc) is 3.77. The molecule has 47 heavy (non-hydrogen) atoms. The van der Waals surface area contributed by atoms with E-state index in [1.807, 2.05) is 13.0 Å². The second-order valence-electron chi connectivity index (χ2n) is 18.8. The number of epoxide rings is 1. The maximum atomic E-state index is 13.7. The summed E-state index contributed by atoms with van der Waals surface area (Å²) in [6.07, 6.45) is 12.1. The topological polar surface area (TPSA) is 138 Å². The van der Waals surface area contributed by atoms with Crippen LogP contribution in [-0.4, -0.2) is 75.5 Å². The van der Waals surface area contributed by atoms with E-state index in [0.717, 1.165) is 82.7 Å². The third-order valence-corrected chi connectivity index (χ3v) is 15.9. The van der Waals surface area contributed by atoms with E-state index in [-0.39, 0.29) is 52.7 Å². The van der Waals surface area contributed by atoms with Crippen LogP contribution in [0, 0.1) is 45.8 Å². The van der Waals surface area contributed by atoms with Crippen LogP contribution in [0.5, 0.6) is 0 Å². The Morgan fingerprint density at radius 1 is 1.04 bits per heavy atom. The van der Waals surface area contributed by atoms with Gasteiger partial charge in [0.25, 0.3) is 0 Å². The number of aliphatic hydroxyl groups excluding tert-OH is 1.